The van der Waals surface area contributed by atoms with Crippen LogP contribution in [0.3, 0.4) is 0 Å². The van der Waals surface area contributed by atoms with Crippen LogP contribution in [-0.2, 0) is 16.0 Å². The number of carbonyl (C=O) groups excluding carboxylic acids is 1. The fourth-order valence-electron chi connectivity index (χ4n) is 2.64. The first kappa shape index (κ1) is 14.7. The van der Waals surface area contributed by atoms with Gasteiger partial charge in [0.25, 0.3) is 0 Å². The Bertz CT molecular complexity index is 925. The molecule has 0 fully saturated rings. The number of benzene rings is 1. The molecular formula is C18H16O3S. The van der Waals surface area contributed by atoms with E-state index >= 15 is 0 Å². The van der Waals surface area contributed by atoms with Gasteiger partial charge in [-0.1, -0.05) is 24.3 Å². The smallest absolute Gasteiger partial charge is 0.311 e. The second-order valence-corrected chi connectivity index (χ2v) is 6.34. The molecular weight excluding hydrogens is 296 g/mol. The predicted molar refractivity (Wildman–Crippen MR) is 90.7 cm³/mol. The third-order valence-corrected chi connectivity index (χ3v) is 4.73. The summed E-state index contributed by atoms with van der Waals surface area (Å²) in [7, 11) is 0. The van der Waals surface area contributed by atoms with E-state index in [0.29, 0.717) is 12.0 Å². The van der Waals surface area contributed by atoms with E-state index in [0.717, 1.165) is 25.9 Å². The van der Waals surface area contributed by atoms with Crippen molar-refractivity contribution in [1.29, 1.82) is 0 Å². The maximum atomic E-state index is 12.8. The number of hydrogen-bond acceptors (Lipinski definition) is 4. The van der Waals surface area contributed by atoms with Gasteiger partial charge in [0.15, 0.2) is 5.43 Å². The Kier molecular flexibility index (Phi) is 3.94. The lowest BCUT2D eigenvalue weighted by molar-refractivity contribution is -0.142. The molecule has 0 N–H and O–H groups in total. The van der Waals surface area contributed by atoms with Crippen molar-refractivity contribution in [1.82, 2.24) is 0 Å². The second-order valence-electron chi connectivity index (χ2n) is 5.17. The van der Waals surface area contributed by atoms with Gasteiger partial charge in [0, 0.05) is 20.3 Å². The summed E-state index contributed by atoms with van der Waals surface area (Å²) in [6, 6.07) is 11.6. The highest BCUT2D eigenvalue weighted by Gasteiger charge is 2.11. The Labute approximate surface area is 132 Å². The van der Waals surface area contributed by atoms with Crippen molar-refractivity contribution in [2.75, 3.05) is 6.61 Å². The van der Waals surface area contributed by atoms with Crippen LogP contribution in [0.4, 0.5) is 0 Å². The lowest BCUT2D eigenvalue weighted by Gasteiger charge is -1.98. The first-order valence-electron chi connectivity index (χ1n) is 7.21. The fourth-order valence-corrected chi connectivity index (χ4v) is 3.69. The van der Waals surface area contributed by atoms with Crippen molar-refractivity contribution in [3.8, 4) is 0 Å². The van der Waals surface area contributed by atoms with Crippen LogP contribution in [0.1, 0.15) is 17.4 Å². The molecule has 0 spiro atoms. The molecule has 22 heavy (non-hydrogen) atoms. The Hall–Kier alpha value is -2.20. The number of carbonyl (C=O) groups is 1. The van der Waals surface area contributed by atoms with Crippen molar-refractivity contribution in [2.24, 2.45) is 0 Å². The molecule has 0 radical (unpaired) electrons. The average Bonchev–Trinajstić information content (AvgIpc) is 2.82. The molecule has 0 saturated carbocycles. The van der Waals surface area contributed by atoms with Gasteiger partial charge in [0.05, 0.1) is 13.0 Å². The molecule has 0 unspecified atom stereocenters. The lowest BCUT2D eigenvalue weighted by Crippen LogP contribution is -2.06. The Balaban J connectivity index is 2.19. The standard InChI is InChI=1S/C18H16O3S/c1-3-21-16(19)10-13-9-14-15(22-13)8-7-12-6-4-5-11(2)17(12)18(14)20/h4-9H,3,10H2,1-2H3. The monoisotopic (exact) mass is 312 g/mol. The lowest BCUT2D eigenvalue weighted by atomic mass is 10.1. The maximum absolute atomic E-state index is 12.8. The maximum Gasteiger partial charge on any atom is 0.311 e. The van der Waals surface area contributed by atoms with E-state index in [9.17, 15) is 9.59 Å². The van der Waals surface area contributed by atoms with E-state index in [2.05, 4.69) is 0 Å². The van der Waals surface area contributed by atoms with Crippen LogP contribution in [0.15, 0.2) is 41.2 Å². The van der Waals surface area contributed by atoms with E-state index in [4.69, 9.17) is 4.74 Å². The second kappa shape index (κ2) is 5.89. The molecule has 0 saturated heterocycles. The first-order valence-corrected chi connectivity index (χ1v) is 8.02. The molecule has 3 nitrogen and oxygen atoms in total. The first-order chi connectivity index (χ1) is 10.6. The van der Waals surface area contributed by atoms with Gasteiger partial charge in [-0.25, -0.2) is 0 Å². The van der Waals surface area contributed by atoms with Crippen molar-refractivity contribution >= 4 is 38.2 Å². The number of rotatable bonds is 3. The van der Waals surface area contributed by atoms with Gasteiger partial charge < -0.3 is 4.74 Å². The highest BCUT2D eigenvalue weighted by Crippen LogP contribution is 2.26. The minimum absolute atomic E-state index is 0.0273. The van der Waals surface area contributed by atoms with Gasteiger partial charge in [0.1, 0.15) is 0 Å². The van der Waals surface area contributed by atoms with E-state index in [1.807, 2.05) is 43.3 Å². The van der Waals surface area contributed by atoms with Crippen LogP contribution in [0.25, 0.3) is 20.9 Å². The van der Waals surface area contributed by atoms with Crippen molar-refractivity contribution in [3.63, 3.8) is 0 Å². The summed E-state index contributed by atoms with van der Waals surface area (Å²) < 4.78 is 5.87. The summed E-state index contributed by atoms with van der Waals surface area (Å²) >= 11 is 1.47. The summed E-state index contributed by atoms with van der Waals surface area (Å²) in [5, 5.41) is 2.37. The van der Waals surface area contributed by atoms with E-state index in [1.54, 1.807) is 6.92 Å². The molecule has 0 aliphatic heterocycles. The highest BCUT2D eigenvalue weighted by molar-refractivity contribution is 7.19. The molecule has 0 atom stereocenters. The van der Waals surface area contributed by atoms with Crippen molar-refractivity contribution < 1.29 is 9.53 Å². The number of ether oxygens (including phenoxy) is 1. The van der Waals surface area contributed by atoms with E-state index in [1.165, 1.54) is 11.3 Å². The molecule has 0 bridgehead atoms. The normalized spacial score (nSPS) is 11.0. The van der Waals surface area contributed by atoms with Crippen LogP contribution in [0, 0.1) is 6.92 Å². The van der Waals surface area contributed by atoms with Gasteiger partial charge in [-0.3, -0.25) is 9.59 Å². The van der Waals surface area contributed by atoms with Gasteiger partial charge >= 0.3 is 5.97 Å². The average molecular weight is 312 g/mol. The summed E-state index contributed by atoms with van der Waals surface area (Å²) in [6.07, 6.45) is 0.216. The number of hydrogen-bond donors (Lipinski definition) is 0. The number of esters is 1. The SMILES string of the molecule is CCOC(=O)Cc1cc2c(=O)c3c(C)cccc3ccc2s1. The summed E-state index contributed by atoms with van der Waals surface area (Å²) in [5.74, 6) is -0.257. The number of fused-ring (bicyclic) bond motifs is 2. The van der Waals surface area contributed by atoms with Gasteiger partial charge in [-0.2, -0.15) is 0 Å². The summed E-state index contributed by atoms with van der Waals surface area (Å²) in [5.41, 5.74) is 0.998. The topological polar surface area (TPSA) is 43.4 Å². The molecule has 0 amide bonds. The molecule has 2 aromatic carbocycles. The van der Waals surface area contributed by atoms with Crippen LogP contribution in [-0.4, -0.2) is 12.6 Å². The fraction of sp³-hybridized carbons (Fsp3) is 0.222. The van der Waals surface area contributed by atoms with Crippen LogP contribution < -0.4 is 5.43 Å². The van der Waals surface area contributed by atoms with E-state index in [-0.39, 0.29) is 17.8 Å². The molecule has 1 aromatic heterocycles. The third kappa shape index (κ3) is 2.62. The Morgan fingerprint density at radius 1 is 1.23 bits per heavy atom. The predicted octanol–water partition coefficient (Wildman–Crippen LogP) is 3.83. The van der Waals surface area contributed by atoms with Crippen LogP contribution in [0.2, 0.25) is 0 Å². The zero-order chi connectivity index (χ0) is 15.7. The minimum atomic E-state index is -0.257. The summed E-state index contributed by atoms with van der Waals surface area (Å²) in [6.45, 7) is 4.10. The van der Waals surface area contributed by atoms with Crippen molar-refractivity contribution in [3.05, 3.63) is 57.1 Å². The zero-order valence-electron chi connectivity index (χ0n) is 12.5. The van der Waals surface area contributed by atoms with Gasteiger partial charge in [0.2, 0.25) is 0 Å². The largest absolute Gasteiger partial charge is 0.466 e. The Morgan fingerprint density at radius 2 is 2.05 bits per heavy atom. The van der Waals surface area contributed by atoms with Gasteiger partial charge in [-0.15, -0.1) is 11.3 Å². The molecule has 0 aliphatic carbocycles. The highest BCUT2D eigenvalue weighted by atomic mass is 32.1. The molecule has 3 rings (SSSR count). The number of aryl methyl sites for hydroxylation is 1. The minimum Gasteiger partial charge on any atom is -0.466 e. The zero-order valence-corrected chi connectivity index (χ0v) is 13.3. The Morgan fingerprint density at radius 3 is 2.82 bits per heavy atom. The van der Waals surface area contributed by atoms with E-state index < -0.39 is 0 Å². The van der Waals surface area contributed by atoms with Crippen LogP contribution in [0.5, 0.6) is 0 Å². The third-order valence-electron chi connectivity index (χ3n) is 3.63. The van der Waals surface area contributed by atoms with Crippen LogP contribution >= 0.6 is 11.3 Å². The molecule has 112 valence electrons. The molecule has 1 heterocycles. The van der Waals surface area contributed by atoms with Crippen molar-refractivity contribution in [2.45, 2.75) is 20.3 Å². The number of thiophene rings is 1. The molecule has 0 aliphatic rings. The quantitative estimate of drug-likeness (QED) is 0.690. The van der Waals surface area contributed by atoms with Gasteiger partial charge in [-0.05, 0) is 36.9 Å². The summed E-state index contributed by atoms with van der Waals surface area (Å²) in [4.78, 5) is 25.3. The molecule has 3 aromatic rings. The molecule has 4 heteroatoms.